The van der Waals surface area contributed by atoms with Crippen molar-refractivity contribution in [3.05, 3.63) is 59.1 Å². The molecule has 0 amide bonds. The maximum Gasteiger partial charge on any atom is 0.191 e. The predicted molar refractivity (Wildman–Crippen MR) is 99.5 cm³/mol. The second-order valence-corrected chi connectivity index (χ2v) is 6.64. The number of carbonyl (C=O) groups is 1. The summed E-state index contributed by atoms with van der Waals surface area (Å²) in [5, 5.41) is 9.54. The normalized spacial score (nSPS) is 10.7. The van der Waals surface area contributed by atoms with Crippen molar-refractivity contribution in [2.75, 3.05) is 12.9 Å². The van der Waals surface area contributed by atoms with Gasteiger partial charge in [-0.2, -0.15) is 0 Å². The van der Waals surface area contributed by atoms with Gasteiger partial charge in [0.15, 0.2) is 16.8 Å². The van der Waals surface area contributed by atoms with Crippen molar-refractivity contribution >= 4 is 29.1 Å². The Morgan fingerprint density at radius 3 is 2.56 bits per heavy atom. The highest BCUT2D eigenvalue weighted by Gasteiger charge is 2.15. The summed E-state index contributed by atoms with van der Waals surface area (Å²) in [5.74, 6) is 1.73. The van der Waals surface area contributed by atoms with E-state index in [4.69, 9.17) is 16.3 Å². The van der Waals surface area contributed by atoms with Crippen LogP contribution in [-0.2, 0) is 7.05 Å². The lowest BCUT2D eigenvalue weighted by molar-refractivity contribution is 0.102. The van der Waals surface area contributed by atoms with Gasteiger partial charge in [0.05, 0.1) is 17.9 Å². The number of ether oxygens (including phenoxy) is 1. The Morgan fingerprint density at radius 2 is 1.88 bits per heavy atom. The van der Waals surface area contributed by atoms with E-state index in [0.717, 1.165) is 17.1 Å². The van der Waals surface area contributed by atoms with Crippen LogP contribution in [0.3, 0.4) is 0 Å². The fraction of sp³-hybridized carbons (Fsp3) is 0.167. The molecule has 0 aliphatic heterocycles. The molecule has 5 nitrogen and oxygen atoms in total. The second kappa shape index (κ2) is 7.72. The van der Waals surface area contributed by atoms with Gasteiger partial charge in [-0.1, -0.05) is 35.5 Å². The topological polar surface area (TPSA) is 57.0 Å². The van der Waals surface area contributed by atoms with Crippen molar-refractivity contribution in [1.29, 1.82) is 0 Å². The van der Waals surface area contributed by atoms with Crippen LogP contribution in [0, 0.1) is 0 Å². The number of rotatable bonds is 6. The Bertz CT molecular complexity index is 894. The molecule has 25 heavy (non-hydrogen) atoms. The van der Waals surface area contributed by atoms with Gasteiger partial charge in [-0.3, -0.25) is 4.79 Å². The molecule has 0 unspecified atom stereocenters. The molecule has 3 aromatic rings. The summed E-state index contributed by atoms with van der Waals surface area (Å²) in [4.78, 5) is 12.3. The standard InChI is InChI=1S/C18H16ClN3O2S/c1-22-17(12-7-9-13(24-2)10-8-12)20-21-18(22)25-11-16(23)14-5-3-4-6-15(14)19/h3-10H,11H2,1-2H3. The van der Waals surface area contributed by atoms with E-state index in [9.17, 15) is 4.79 Å². The Hall–Kier alpha value is -2.31. The third-order valence-electron chi connectivity index (χ3n) is 3.69. The van der Waals surface area contributed by atoms with Gasteiger partial charge in [0, 0.05) is 18.2 Å². The predicted octanol–water partition coefficient (Wildman–Crippen LogP) is 4.12. The minimum absolute atomic E-state index is 0.0374. The zero-order chi connectivity index (χ0) is 17.8. The van der Waals surface area contributed by atoms with Gasteiger partial charge in [0.2, 0.25) is 0 Å². The summed E-state index contributed by atoms with van der Waals surface area (Å²) in [6, 6.07) is 14.6. The fourth-order valence-corrected chi connectivity index (χ4v) is 3.36. The molecule has 0 saturated carbocycles. The molecule has 0 bridgehead atoms. The SMILES string of the molecule is COc1ccc(-c2nnc(SCC(=O)c3ccccc3Cl)n2C)cc1. The van der Waals surface area contributed by atoms with E-state index in [-0.39, 0.29) is 11.5 Å². The van der Waals surface area contributed by atoms with E-state index in [1.165, 1.54) is 11.8 Å². The van der Waals surface area contributed by atoms with Crippen LogP contribution in [-0.4, -0.2) is 33.4 Å². The van der Waals surface area contributed by atoms with E-state index in [2.05, 4.69) is 10.2 Å². The number of benzene rings is 2. The quantitative estimate of drug-likeness (QED) is 0.480. The van der Waals surface area contributed by atoms with Gasteiger partial charge < -0.3 is 9.30 Å². The molecule has 0 spiro atoms. The number of halogens is 1. The van der Waals surface area contributed by atoms with Crippen LogP contribution in [0.2, 0.25) is 5.02 Å². The summed E-state index contributed by atoms with van der Waals surface area (Å²) in [7, 11) is 3.50. The molecule has 3 rings (SSSR count). The molecule has 0 fully saturated rings. The molecule has 7 heteroatoms. The van der Waals surface area contributed by atoms with Crippen molar-refractivity contribution in [3.8, 4) is 17.1 Å². The first-order valence-electron chi connectivity index (χ1n) is 7.54. The number of carbonyl (C=O) groups excluding carboxylic acids is 1. The molecule has 128 valence electrons. The summed E-state index contributed by atoms with van der Waals surface area (Å²) >= 11 is 7.41. The van der Waals surface area contributed by atoms with Gasteiger partial charge in [-0.25, -0.2) is 0 Å². The molecule has 0 aliphatic rings. The largest absolute Gasteiger partial charge is 0.497 e. The van der Waals surface area contributed by atoms with E-state index in [0.29, 0.717) is 15.7 Å². The van der Waals surface area contributed by atoms with Gasteiger partial charge in [0.25, 0.3) is 0 Å². The third kappa shape index (κ3) is 3.86. The van der Waals surface area contributed by atoms with Crippen LogP contribution in [0.15, 0.2) is 53.7 Å². The molecule has 0 aliphatic carbocycles. The number of methoxy groups -OCH3 is 1. The lowest BCUT2D eigenvalue weighted by atomic mass is 10.1. The van der Waals surface area contributed by atoms with Crippen LogP contribution >= 0.6 is 23.4 Å². The molecular formula is C18H16ClN3O2S. The first-order valence-corrected chi connectivity index (χ1v) is 8.91. The lowest BCUT2D eigenvalue weighted by Gasteiger charge is -2.05. The first kappa shape index (κ1) is 17.5. The molecule has 0 N–H and O–H groups in total. The molecule has 1 aromatic heterocycles. The number of hydrogen-bond acceptors (Lipinski definition) is 5. The van der Waals surface area contributed by atoms with E-state index < -0.39 is 0 Å². The molecular weight excluding hydrogens is 358 g/mol. The van der Waals surface area contributed by atoms with E-state index >= 15 is 0 Å². The summed E-state index contributed by atoms with van der Waals surface area (Å²) in [5.41, 5.74) is 1.45. The van der Waals surface area contributed by atoms with Gasteiger partial charge >= 0.3 is 0 Å². The monoisotopic (exact) mass is 373 g/mol. The number of aromatic nitrogens is 3. The van der Waals surface area contributed by atoms with E-state index in [1.54, 1.807) is 31.4 Å². The zero-order valence-electron chi connectivity index (χ0n) is 13.8. The van der Waals surface area contributed by atoms with Crippen LogP contribution in [0.5, 0.6) is 5.75 Å². The molecule has 2 aromatic carbocycles. The van der Waals surface area contributed by atoms with Crippen molar-refractivity contribution < 1.29 is 9.53 Å². The van der Waals surface area contributed by atoms with Crippen LogP contribution in [0.1, 0.15) is 10.4 Å². The summed E-state index contributed by atoms with van der Waals surface area (Å²) < 4.78 is 7.03. The average molecular weight is 374 g/mol. The molecule has 0 radical (unpaired) electrons. The average Bonchev–Trinajstić information content (AvgIpc) is 3.01. The van der Waals surface area contributed by atoms with Crippen molar-refractivity contribution in [1.82, 2.24) is 14.8 Å². The number of Topliss-reactive ketones (excluding diaryl/α,β-unsaturated/α-hetero) is 1. The highest BCUT2D eigenvalue weighted by Crippen LogP contribution is 2.25. The highest BCUT2D eigenvalue weighted by atomic mass is 35.5. The summed E-state index contributed by atoms with van der Waals surface area (Å²) in [6.45, 7) is 0. The van der Waals surface area contributed by atoms with Crippen molar-refractivity contribution in [3.63, 3.8) is 0 Å². The van der Waals surface area contributed by atoms with Gasteiger partial charge in [0.1, 0.15) is 5.75 Å². The van der Waals surface area contributed by atoms with Crippen molar-refractivity contribution in [2.45, 2.75) is 5.16 Å². The minimum atomic E-state index is -0.0374. The van der Waals surface area contributed by atoms with Crippen LogP contribution in [0.25, 0.3) is 11.4 Å². The lowest BCUT2D eigenvalue weighted by Crippen LogP contribution is -2.04. The second-order valence-electron chi connectivity index (χ2n) is 5.29. The maximum absolute atomic E-state index is 12.3. The zero-order valence-corrected chi connectivity index (χ0v) is 15.3. The fourth-order valence-electron chi connectivity index (χ4n) is 2.33. The summed E-state index contributed by atoms with van der Waals surface area (Å²) in [6.07, 6.45) is 0. The minimum Gasteiger partial charge on any atom is -0.497 e. The van der Waals surface area contributed by atoms with Gasteiger partial charge in [-0.05, 0) is 36.4 Å². The van der Waals surface area contributed by atoms with Crippen LogP contribution < -0.4 is 4.74 Å². The smallest absolute Gasteiger partial charge is 0.191 e. The Labute approximate surface area is 155 Å². The number of ketones is 1. The number of hydrogen-bond donors (Lipinski definition) is 0. The van der Waals surface area contributed by atoms with E-state index in [1.807, 2.05) is 35.9 Å². The third-order valence-corrected chi connectivity index (χ3v) is 5.04. The van der Waals surface area contributed by atoms with Crippen molar-refractivity contribution in [2.24, 2.45) is 7.05 Å². The first-order chi connectivity index (χ1) is 12.1. The maximum atomic E-state index is 12.3. The Balaban J connectivity index is 1.73. The molecule has 0 saturated heterocycles. The molecule has 0 atom stereocenters. The Kier molecular flexibility index (Phi) is 5.40. The number of thioether (sulfide) groups is 1. The molecule has 1 heterocycles. The van der Waals surface area contributed by atoms with Gasteiger partial charge in [-0.15, -0.1) is 10.2 Å². The van der Waals surface area contributed by atoms with Crippen LogP contribution in [0.4, 0.5) is 0 Å². The Morgan fingerprint density at radius 1 is 1.16 bits per heavy atom. The highest BCUT2D eigenvalue weighted by molar-refractivity contribution is 7.99. The number of nitrogens with zero attached hydrogens (tertiary/aromatic N) is 3.